The van der Waals surface area contributed by atoms with E-state index < -0.39 is 58.5 Å². The summed E-state index contributed by atoms with van der Waals surface area (Å²) >= 11 is 0. The molecule has 0 aliphatic heterocycles. The molecule has 1 amide bonds. The fraction of sp³-hybridized carbons (Fsp3) is 0.207. The Hall–Kier alpha value is -4.57. The number of benzene rings is 4. The van der Waals surface area contributed by atoms with Gasteiger partial charge in [0, 0.05) is 11.1 Å². The summed E-state index contributed by atoms with van der Waals surface area (Å²) in [4.78, 5) is 10.2. The van der Waals surface area contributed by atoms with Crippen LogP contribution in [0.3, 0.4) is 0 Å². The third-order valence-electron chi connectivity index (χ3n) is 6.43. The van der Waals surface area contributed by atoms with Crippen molar-refractivity contribution in [2.24, 2.45) is 10.2 Å². The quantitative estimate of drug-likeness (QED) is 0.0854. The second-order valence-electron chi connectivity index (χ2n) is 11.0. The summed E-state index contributed by atoms with van der Waals surface area (Å²) in [5.41, 5.74) is 8.69. The molecule has 0 fully saturated rings. The zero-order valence-corrected chi connectivity index (χ0v) is 25.9. The fourth-order valence-electron chi connectivity index (χ4n) is 4.42. The van der Waals surface area contributed by atoms with E-state index in [1.54, 1.807) is 45.9 Å². The van der Waals surface area contributed by atoms with Crippen molar-refractivity contribution in [2.45, 2.75) is 50.0 Å². The first-order chi connectivity index (χ1) is 20.3. The minimum Gasteiger partial charge on any atom is -0.505 e. The first-order valence-corrected chi connectivity index (χ1v) is 15.8. The lowest BCUT2D eigenvalue weighted by atomic mass is 10.00. The van der Waals surface area contributed by atoms with Crippen molar-refractivity contribution in [1.82, 2.24) is 0 Å². The van der Waals surface area contributed by atoms with E-state index in [9.17, 15) is 35.8 Å². The average molecular weight is 643 g/mol. The molecule has 0 saturated carbocycles. The maximum Gasteiger partial charge on any atom is 0.412 e. The molecule has 0 spiro atoms. The van der Waals surface area contributed by atoms with Gasteiger partial charge in [0.2, 0.25) is 0 Å². The Balaban J connectivity index is 1.67. The molecule has 4 aromatic carbocycles. The molecular weight excluding hydrogens is 612 g/mol. The van der Waals surface area contributed by atoms with Gasteiger partial charge in [0.25, 0.3) is 20.2 Å². The minimum atomic E-state index is -5.03. The lowest BCUT2D eigenvalue weighted by Gasteiger charge is -2.20. The molecule has 0 radical (unpaired) electrons. The Bertz CT molecular complexity index is 2070. The van der Waals surface area contributed by atoms with E-state index in [0.29, 0.717) is 23.0 Å². The molecule has 0 aliphatic carbocycles. The number of carbonyl (C=O) groups excluding carboxylic acids is 1. The third-order valence-corrected chi connectivity index (χ3v) is 8.22. The lowest BCUT2D eigenvalue weighted by molar-refractivity contribution is 0.0635. The zero-order valence-electron chi connectivity index (χ0n) is 24.3. The topological polar surface area (TPSA) is 218 Å². The number of rotatable bonds is 6. The predicted octanol–water partition coefficient (Wildman–Crippen LogP) is 6.67. The van der Waals surface area contributed by atoms with E-state index >= 15 is 0 Å². The lowest BCUT2D eigenvalue weighted by Crippen LogP contribution is -2.27. The standard InChI is InChI=1S/C29H30N4O9S2/c1-15-12-17(6-9-20(15)31-28(35)42-29(3,4)5)18-7-10-21(16(2)13-18)32-33-22-11-8-19-23(43(36,37)38)14-24(44(39,40)41)26(30)25(19)27(22)34/h6-14,34H,30H2,1-5H3,(H,31,35)(H,36,37,38)(H,39,40,41)/b33-32+. The Morgan fingerprint density at radius 2 is 1.36 bits per heavy atom. The molecule has 0 aromatic heterocycles. The molecule has 6 N–H and O–H groups in total. The molecule has 232 valence electrons. The van der Waals surface area contributed by atoms with E-state index in [1.807, 2.05) is 25.1 Å². The van der Waals surface area contributed by atoms with Gasteiger partial charge in [-0.1, -0.05) is 18.2 Å². The molecule has 13 nitrogen and oxygen atoms in total. The number of aryl methyl sites for hydroxylation is 2. The highest BCUT2D eigenvalue weighted by molar-refractivity contribution is 7.87. The van der Waals surface area contributed by atoms with Gasteiger partial charge in [0.1, 0.15) is 21.1 Å². The number of nitrogen functional groups attached to an aromatic ring is 1. The maximum absolute atomic E-state index is 12.1. The molecule has 4 aromatic rings. The first-order valence-electron chi connectivity index (χ1n) is 12.9. The van der Waals surface area contributed by atoms with Gasteiger partial charge in [-0.2, -0.15) is 21.9 Å². The van der Waals surface area contributed by atoms with Crippen molar-refractivity contribution in [1.29, 1.82) is 0 Å². The van der Waals surface area contributed by atoms with Crippen molar-refractivity contribution >= 4 is 59.9 Å². The van der Waals surface area contributed by atoms with Gasteiger partial charge in [0.15, 0.2) is 5.75 Å². The number of nitrogens with one attached hydrogen (secondary N) is 1. The normalized spacial score (nSPS) is 12.5. The number of fused-ring (bicyclic) bond motifs is 1. The molecule has 0 heterocycles. The van der Waals surface area contributed by atoms with Gasteiger partial charge < -0.3 is 15.6 Å². The van der Waals surface area contributed by atoms with E-state index in [4.69, 9.17) is 10.5 Å². The molecule has 4 rings (SSSR count). The number of amides is 1. The Morgan fingerprint density at radius 3 is 1.91 bits per heavy atom. The molecule has 0 saturated heterocycles. The van der Waals surface area contributed by atoms with Crippen molar-refractivity contribution in [3.05, 3.63) is 65.7 Å². The van der Waals surface area contributed by atoms with Crippen LogP contribution in [0, 0.1) is 13.8 Å². The summed E-state index contributed by atoms with van der Waals surface area (Å²) < 4.78 is 72.0. The van der Waals surface area contributed by atoms with Gasteiger partial charge in [-0.05, 0) is 93.3 Å². The van der Waals surface area contributed by atoms with Crippen molar-refractivity contribution in [3.63, 3.8) is 0 Å². The van der Waals surface area contributed by atoms with Crippen LogP contribution in [0.4, 0.5) is 27.5 Å². The number of phenols is 1. The van der Waals surface area contributed by atoms with Crippen LogP contribution in [0.1, 0.15) is 31.9 Å². The van der Waals surface area contributed by atoms with E-state index in [-0.39, 0.29) is 11.1 Å². The van der Waals surface area contributed by atoms with Crippen LogP contribution < -0.4 is 11.1 Å². The summed E-state index contributed by atoms with van der Waals surface area (Å²) in [6.45, 7) is 8.97. The smallest absolute Gasteiger partial charge is 0.412 e. The second-order valence-corrected chi connectivity index (χ2v) is 13.7. The van der Waals surface area contributed by atoms with Gasteiger partial charge in [-0.25, -0.2) is 4.79 Å². The Morgan fingerprint density at radius 1 is 0.818 bits per heavy atom. The molecule has 0 bridgehead atoms. The molecule has 0 unspecified atom stereocenters. The van der Waals surface area contributed by atoms with E-state index in [1.165, 1.54) is 6.07 Å². The maximum atomic E-state index is 12.1. The van der Waals surface area contributed by atoms with Crippen LogP contribution in [0.25, 0.3) is 21.9 Å². The second kappa shape index (κ2) is 11.5. The number of azo groups is 1. The summed E-state index contributed by atoms with van der Waals surface area (Å²) in [6, 6.07) is 13.7. The van der Waals surface area contributed by atoms with Crippen LogP contribution in [-0.2, 0) is 25.0 Å². The molecule has 0 aliphatic rings. The summed E-state index contributed by atoms with van der Waals surface area (Å²) in [7, 11) is -10.0. The molecule has 44 heavy (non-hydrogen) atoms. The van der Waals surface area contributed by atoms with Crippen molar-refractivity contribution < 1.29 is 40.6 Å². The highest BCUT2D eigenvalue weighted by Crippen LogP contribution is 2.44. The van der Waals surface area contributed by atoms with Crippen molar-refractivity contribution in [2.75, 3.05) is 11.1 Å². The number of hydrogen-bond acceptors (Lipinski definition) is 10. The van der Waals surface area contributed by atoms with Crippen LogP contribution in [0.5, 0.6) is 5.75 Å². The zero-order chi connectivity index (χ0) is 32.8. The Kier molecular flexibility index (Phi) is 8.45. The van der Waals surface area contributed by atoms with Gasteiger partial charge in [-0.15, -0.1) is 5.11 Å². The Labute approximate surface area is 253 Å². The fourth-order valence-corrected chi connectivity index (χ4v) is 5.85. The predicted molar refractivity (Wildman–Crippen MR) is 165 cm³/mol. The summed E-state index contributed by atoms with van der Waals surface area (Å²) in [6.07, 6.45) is -0.559. The summed E-state index contributed by atoms with van der Waals surface area (Å²) in [5, 5.41) is 21.1. The number of phenolic OH excluding ortho intramolecular Hbond substituents is 1. The van der Waals surface area contributed by atoms with Gasteiger partial charge in [-0.3, -0.25) is 14.4 Å². The summed E-state index contributed by atoms with van der Waals surface area (Å²) in [5.74, 6) is -0.719. The number of ether oxygens (including phenoxy) is 1. The average Bonchev–Trinajstić information content (AvgIpc) is 2.87. The van der Waals surface area contributed by atoms with Gasteiger partial charge >= 0.3 is 6.09 Å². The number of anilines is 2. The van der Waals surface area contributed by atoms with E-state index in [0.717, 1.165) is 22.8 Å². The number of carbonyl (C=O) groups is 1. The van der Waals surface area contributed by atoms with Crippen LogP contribution in [0.2, 0.25) is 0 Å². The van der Waals surface area contributed by atoms with Crippen LogP contribution in [0.15, 0.2) is 74.6 Å². The monoisotopic (exact) mass is 642 g/mol. The molecule has 15 heteroatoms. The minimum absolute atomic E-state index is 0.190. The number of nitrogens with two attached hydrogens (primary N) is 1. The SMILES string of the molecule is Cc1cc(-c2ccc(NC(=O)OC(C)(C)C)c(C)c2)ccc1/N=N/c1ccc2c(S(=O)(=O)O)cc(S(=O)(=O)O)c(N)c2c1O. The van der Waals surface area contributed by atoms with Gasteiger partial charge in [0.05, 0.1) is 16.8 Å². The molecule has 0 atom stereocenters. The van der Waals surface area contributed by atoms with Crippen molar-refractivity contribution in [3.8, 4) is 16.9 Å². The first kappa shape index (κ1) is 32.3. The number of nitrogens with zero attached hydrogens (tertiary/aromatic N) is 2. The highest BCUT2D eigenvalue weighted by atomic mass is 32.2. The highest BCUT2D eigenvalue weighted by Gasteiger charge is 2.26. The van der Waals surface area contributed by atoms with Crippen LogP contribution >= 0.6 is 0 Å². The van der Waals surface area contributed by atoms with E-state index in [2.05, 4.69) is 15.5 Å². The number of aromatic hydroxyl groups is 1. The largest absolute Gasteiger partial charge is 0.505 e. The third kappa shape index (κ3) is 6.97. The van der Waals surface area contributed by atoms with Crippen LogP contribution in [-0.4, -0.2) is 42.7 Å². The number of hydrogen-bond donors (Lipinski definition) is 5. The molecular formula is C29H30N4O9S2.